The molecule has 0 N–H and O–H groups in total. The van der Waals surface area contributed by atoms with Crippen molar-refractivity contribution in [2.45, 2.75) is 46.0 Å². The number of hydrogen-bond acceptors (Lipinski definition) is 4. The van der Waals surface area contributed by atoms with E-state index in [4.69, 9.17) is 13.1 Å². The fourth-order valence-electron chi connectivity index (χ4n) is 5.15. The third-order valence-electron chi connectivity index (χ3n) is 6.38. The van der Waals surface area contributed by atoms with Crippen molar-refractivity contribution in [2.24, 2.45) is 0 Å². The van der Waals surface area contributed by atoms with Crippen LogP contribution in [0, 0.1) is 49.7 Å². The molecule has 0 aromatic heterocycles. The van der Waals surface area contributed by atoms with Crippen molar-refractivity contribution in [3.8, 4) is 12.1 Å². The molecule has 0 amide bonds. The fourth-order valence-corrected chi connectivity index (χ4v) is 8.26. The number of hydrogen-bond donors (Lipinski definition) is 0. The van der Waals surface area contributed by atoms with E-state index in [9.17, 15) is 10.5 Å². The molecule has 32 heavy (non-hydrogen) atoms. The van der Waals surface area contributed by atoms with E-state index in [0.717, 1.165) is 43.2 Å². The molecule has 0 saturated heterocycles. The summed E-state index contributed by atoms with van der Waals surface area (Å²) in [6.45, 7) is 19.6. The molecule has 152 valence electrons. The minimum absolute atomic E-state index is 0.141. The molecule has 2 aliphatic heterocycles. The van der Waals surface area contributed by atoms with Crippen LogP contribution < -0.4 is 0 Å². The highest BCUT2D eigenvalue weighted by molar-refractivity contribution is 8.01. The summed E-state index contributed by atoms with van der Waals surface area (Å²) in [5.41, 5.74) is 6.39. The number of thioether (sulfide) groups is 2. The summed E-state index contributed by atoms with van der Waals surface area (Å²) in [6.07, 6.45) is 0. The van der Waals surface area contributed by atoms with Crippen molar-refractivity contribution in [1.29, 1.82) is 10.5 Å². The summed E-state index contributed by atoms with van der Waals surface area (Å²) in [4.78, 5) is 9.48. The SMILES string of the molecule is [C-]#[N+]/C(C#N)=C1\C2Sc3ccc(C)cc3C2/C(=C(/C#N)[N+]#[C-])C2Sc3ccc(C)cc3C12. The maximum atomic E-state index is 9.90. The molecule has 0 radical (unpaired) electrons. The van der Waals surface area contributed by atoms with Crippen molar-refractivity contribution in [3.63, 3.8) is 0 Å². The van der Waals surface area contributed by atoms with Gasteiger partial charge in [0.15, 0.2) is 0 Å². The maximum Gasteiger partial charge on any atom is 0.262 e. The van der Waals surface area contributed by atoms with Crippen LogP contribution in [0.1, 0.15) is 34.1 Å². The lowest BCUT2D eigenvalue weighted by Crippen LogP contribution is -2.35. The van der Waals surface area contributed by atoms with Gasteiger partial charge in [0, 0.05) is 32.1 Å². The Kier molecular flexibility index (Phi) is 4.87. The minimum atomic E-state index is -0.192. The molecular weight excluding hydrogens is 432 g/mol. The molecule has 2 aromatic rings. The topological polar surface area (TPSA) is 56.3 Å². The molecular formula is C26H16N4S2. The number of benzene rings is 2. The molecule has 4 nitrogen and oxygen atoms in total. The van der Waals surface area contributed by atoms with Crippen molar-refractivity contribution in [1.82, 2.24) is 0 Å². The Morgan fingerprint density at radius 1 is 0.781 bits per heavy atom. The molecule has 4 atom stereocenters. The van der Waals surface area contributed by atoms with Crippen LogP contribution in [-0.2, 0) is 0 Å². The smallest absolute Gasteiger partial charge is 0.227 e. The Morgan fingerprint density at radius 3 is 1.53 bits per heavy atom. The van der Waals surface area contributed by atoms with Gasteiger partial charge in [-0.15, -0.1) is 23.5 Å². The van der Waals surface area contributed by atoms with Crippen LogP contribution >= 0.6 is 23.5 Å². The largest absolute Gasteiger partial charge is 0.262 e. The van der Waals surface area contributed by atoms with Gasteiger partial charge in [-0.05, 0) is 48.3 Å². The summed E-state index contributed by atoms with van der Waals surface area (Å²) >= 11 is 3.32. The van der Waals surface area contributed by atoms with Gasteiger partial charge in [-0.25, -0.2) is 20.2 Å². The second kappa shape index (κ2) is 7.62. The van der Waals surface area contributed by atoms with Crippen LogP contribution in [0.5, 0.6) is 0 Å². The highest BCUT2D eigenvalue weighted by Gasteiger charge is 2.54. The lowest BCUT2D eigenvalue weighted by atomic mass is 9.68. The molecule has 0 bridgehead atoms. The maximum absolute atomic E-state index is 9.90. The number of allylic oxidation sites excluding steroid dienone is 2. The second-order valence-corrected chi connectivity index (χ2v) is 10.5. The first-order chi connectivity index (χ1) is 15.5. The summed E-state index contributed by atoms with van der Waals surface area (Å²) in [5, 5.41) is 19.4. The van der Waals surface area contributed by atoms with Gasteiger partial charge in [0.05, 0.1) is 25.3 Å². The van der Waals surface area contributed by atoms with Crippen LogP contribution in [0.3, 0.4) is 0 Å². The van der Waals surface area contributed by atoms with Crippen molar-refractivity contribution < 1.29 is 0 Å². The van der Waals surface area contributed by atoms with Gasteiger partial charge >= 0.3 is 0 Å². The zero-order valence-corrected chi connectivity index (χ0v) is 19.0. The van der Waals surface area contributed by atoms with E-state index in [2.05, 4.69) is 58.2 Å². The van der Waals surface area contributed by atoms with Crippen LogP contribution in [0.15, 0.2) is 68.7 Å². The van der Waals surface area contributed by atoms with Gasteiger partial charge in [0.25, 0.3) is 11.4 Å². The molecule has 2 aromatic carbocycles. The molecule has 0 spiro atoms. The number of aryl methyl sites for hydroxylation is 2. The Balaban J connectivity index is 1.87. The third-order valence-corrected chi connectivity index (χ3v) is 9.19. The van der Waals surface area contributed by atoms with Gasteiger partial charge in [-0.3, -0.25) is 0 Å². The monoisotopic (exact) mass is 448 g/mol. The number of nitrogens with zero attached hydrogens (tertiary/aromatic N) is 4. The standard InChI is InChI=1S/C26H16N4S2/c1-13-5-7-19-15(9-13)21-23(17(11-27)29-3)26-22(16-10-14(2)6-8-20(16)32-26)24(25(21)31-19)18(12-28)30-4/h5-10,21-22,25-26H,1-2H3/b23-17-,24-18+. The number of rotatable bonds is 0. The van der Waals surface area contributed by atoms with E-state index in [1.807, 2.05) is 13.8 Å². The quantitative estimate of drug-likeness (QED) is 0.340. The van der Waals surface area contributed by atoms with E-state index in [1.165, 1.54) is 0 Å². The molecule has 1 aliphatic carbocycles. The van der Waals surface area contributed by atoms with Crippen molar-refractivity contribution in [3.05, 3.63) is 104 Å². The van der Waals surface area contributed by atoms with E-state index >= 15 is 0 Å². The lowest BCUT2D eigenvalue weighted by Gasteiger charge is -2.40. The molecule has 2 heterocycles. The Bertz CT molecular complexity index is 1280. The van der Waals surface area contributed by atoms with E-state index in [1.54, 1.807) is 23.5 Å². The summed E-state index contributed by atoms with van der Waals surface area (Å²) in [5.74, 6) is -0.384. The zero-order valence-electron chi connectivity index (χ0n) is 17.4. The second-order valence-electron chi connectivity index (χ2n) is 8.17. The molecule has 4 unspecified atom stereocenters. The van der Waals surface area contributed by atoms with Gasteiger partial charge in [-0.2, -0.15) is 0 Å². The first kappa shape index (κ1) is 20.5. The van der Waals surface area contributed by atoms with Crippen LogP contribution in [0.2, 0.25) is 0 Å². The fraction of sp³-hybridized carbons (Fsp3) is 0.231. The first-order valence-corrected chi connectivity index (χ1v) is 11.9. The molecule has 1 fully saturated rings. The zero-order chi connectivity index (χ0) is 22.6. The molecule has 3 aliphatic rings. The minimum Gasteiger partial charge on any atom is -0.227 e. The highest BCUT2D eigenvalue weighted by atomic mass is 32.2. The van der Waals surface area contributed by atoms with E-state index in [-0.39, 0.29) is 33.7 Å². The predicted octanol–water partition coefficient (Wildman–Crippen LogP) is 6.53. The van der Waals surface area contributed by atoms with Crippen molar-refractivity contribution >= 4 is 23.5 Å². The number of fused-ring (bicyclic) bond motifs is 6. The predicted molar refractivity (Wildman–Crippen MR) is 126 cm³/mol. The van der Waals surface area contributed by atoms with E-state index in [0.29, 0.717) is 0 Å². The molecule has 5 rings (SSSR count). The molecule has 6 heteroatoms. The summed E-state index contributed by atoms with van der Waals surface area (Å²) < 4.78 is 0. The normalized spacial score (nSPS) is 27.4. The van der Waals surface area contributed by atoms with Gasteiger partial charge in [0.1, 0.15) is 0 Å². The van der Waals surface area contributed by atoms with Crippen LogP contribution in [0.4, 0.5) is 0 Å². The highest BCUT2D eigenvalue weighted by Crippen LogP contribution is 2.66. The average Bonchev–Trinajstić information content (AvgIpc) is 3.34. The van der Waals surface area contributed by atoms with Crippen molar-refractivity contribution in [2.75, 3.05) is 0 Å². The summed E-state index contributed by atoms with van der Waals surface area (Å²) in [7, 11) is 0. The van der Waals surface area contributed by atoms with Gasteiger partial charge in [-0.1, -0.05) is 35.4 Å². The summed E-state index contributed by atoms with van der Waals surface area (Å²) in [6, 6.07) is 16.9. The average molecular weight is 449 g/mol. The lowest BCUT2D eigenvalue weighted by molar-refractivity contribution is 0.617. The van der Waals surface area contributed by atoms with Gasteiger partial charge in [0.2, 0.25) is 0 Å². The first-order valence-electron chi connectivity index (χ1n) is 10.1. The van der Waals surface area contributed by atoms with Crippen LogP contribution in [0.25, 0.3) is 9.69 Å². The Morgan fingerprint density at radius 2 is 1.19 bits per heavy atom. The van der Waals surface area contributed by atoms with Gasteiger partial charge < -0.3 is 0 Å². The number of nitriles is 2. The van der Waals surface area contributed by atoms with E-state index < -0.39 is 0 Å². The van der Waals surface area contributed by atoms with Crippen LogP contribution in [-0.4, -0.2) is 10.5 Å². The third kappa shape index (κ3) is 2.82. The molecule has 1 saturated carbocycles. The Hall–Kier alpha value is -3.42. The Labute approximate surface area is 195 Å².